The predicted molar refractivity (Wildman–Crippen MR) is 68.0 cm³/mol. The van der Waals surface area contributed by atoms with Crippen molar-refractivity contribution >= 4 is 5.97 Å². The van der Waals surface area contributed by atoms with Crippen LogP contribution in [0.15, 0.2) is 6.07 Å². The van der Waals surface area contributed by atoms with E-state index < -0.39 is 12.0 Å². The highest BCUT2D eigenvalue weighted by molar-refractivity contribution is 5.79. The summed E-state index contributed by atoms with van der Waals surface area (Å²) in [7, 11) is 4.41. The average Bonchev–Trinajstić information content (AvgIpc) is 2.39. The summed E-state index contributed by atoms with van der Waals surface area (Å²) in [5.41, 5.74) is 8.27. The zero-order chi connectivity index (χ0) is 13.9. The number of hydrogen-bond acceptors (Lipinski definition) is 5. The summed E-state index contributed by atoms with van der Waals surface area (Å²) in [6.45, 7) is 3.81. The van der Waals surface area contributed by atoms with Gasteiger partial charge in [0.2, 0.25) is 0 Å². The third kappa shape index (κ3) is 2.41. The van der Waals surface area contributed by atoms with E-state index in [1.165, 1.54) is 7.11 Å². The Morgan fingerprint density at radius 2 is 1.78 bits per heavy atom. The largest absolute Gasteiger partial charge is 0.496 e. The first kappa shape index (κ1) is 14.3. The molecule has 0 amide bonds. The Bertz CT molecular complexity index is 457. The Balaban J connectivity index is 3.42. The van der Waals surface area contributed by atoms with Crippen LogP contribution < -0.4 is 15.2 Å². The molecule has 0 radical (unpaired) electrons. The van der Waals surface area contributed by atoms with E-state index in [9.17, 15) is 4.79 Å². The van der Waals surface area contributed by atoms with Crippen LogP contribution in [0.1, 0.15) is 22.7 Å². The molecule has 1 aromatic rings. The summed E-state index contributed by atoms with van der Waals surface area (Å²) in [5.74, 6) is 0.743. The van der Waals surface area contributed by atoms with E-state index >= 15 is 0 Å². The molecular weight excluding hydrogens is 234 g/mol. The quantitative estimate of drug-likeness (QED) is 0.823. The molecule has 5 heteroatoms. The van der Waals surface area contributed by atoms with Crippen LogP contribution in [0.25, 0.3) is 0 Å². The topological polar surface area (TPSA) is 70.8 Å². The van der Waals surface area contributed by atoms with Gasteiger partial charge in [-0.15, -0.1) is 0 Å². The molecule has 5 nitrogen and oxygen atoms in total. The normalized spacial score (nSPS) is 11.9. The van der Waals surface area contributed by atoms with Crippen molar-refractivity contribution in [3.63, 3.8) is 0 Å². The van der Waals surface area contributed by atoms with Crippen molar-refractivity contribution in [1.82, 2.24) is 0 Å². The Morgan fingerprint density at radius 3 is 2.22 bits per heavy atom. The standard InChI is InChI=1S/C13H19NO4/c1-7-8(2)12(17-4)9(6-10(7)16-3)11(14)13(15)18-5/h6,11H,14H2,1-5H3. The van der Waals surface area contributed by atoms with E-state index in [0.29, 0.717) is 17.1 Å². The van der Waals surface area contributed by atoms with Crippen molar-refractivity contribution in [2.24, 2.45) is 5.73 Å². The van der Waals surface area contributed by atoms with Gasteiger partial charge in [0.15, 0.2) is 0 Å². The highest BCUT2D eigenvalue weighted by Crippen LogP contribution is 2.36. The summed E-state index contributed by atoms with van der Waals surface area (Å²) in [6, 6.07) is 0.820. The van der Waals surface area contributed by atoms with Gasteiger partial charge in [0.25, 0.3) is 0 Å². The molecule has 1 rings (SSSR count). The molecule has 1 aromatic carbocycles. The van der Waals surface area contributed by atoms with Gasteiger partial charge in [-0.1, -0.05) is 0 Å². The van der Waals surface area contributed by atoms with Crippen molar-refractivity contribution in [3.05, 3.63) is 22.8 Å². The van der Waals surface area contributed by atoms with Gasteiger partial charge < -0.3 is 19.9 Å². The van der Waals surface area contributed by atoms with Crippen LogP contribution in [0, 0.1) is 13.8 Å². The molecule has 1 unspecified atom stereocenters. The number of carbonyl (C=O) groups excluding carboxylic acids is 1. The van der Waals surface area contributed by atoms with Gasteiger partial charge in [-0.25, -0.2) is 0 Å². The minimum atomic E-state index is -0.891. The number of benzene rings is 1. The Labute approximate surface area is 107 Å². The number of rotatable bonds is 4. The van der Waals surface area contributed by atoms with Crippen LogP contribution >= 0.6 is 0 Å². The number of methoxy groups -OCH3 is 3. The second-order valence-corrected chi connectivity index (χ2v) is 3.95. The average molecular weight is 253 g/mol. The molecule has 0 aliphatic heterocycles. The van der Waals surface area contributed by atoms with E-state index in [1.54, 1.807) is 20.3 Å². The molecule has 2 N–H and O–H groups in total. The predicted octanol–water partition coefficient (Wildman–Crippen LogP) is 1.49. The van der Waals surface area contributed by atoms with Crippen molar-refractivity contribution < 1.29 is 19.0 Å². The molecule has 0 bridgehead atoms. The SMILES string of the molecule is COC(=O)C(N)c1cc(OC)c(C)c(C)c1OC. The summed E-state index contributed by atoms with van der Waals surface area (Å²) in [4.78, 5) is 11.5. The molecule has 18 heavy (non-hydrogen) atoms. The molecular formula is C13H19NO4. The zero-order valence-corrected chi connectivity index (χ0v) is 11.4. The molecule has 0 spiro atoms. The van der Waals surface area contributed by atoms with Crippen molar-refractivity contribution in [1.29, 1.82) is 0 Å². The van der Waals surface area contributed by atoms with Crippen LogP contribution in [-0.4, -0.2) is 27.3 Å². The summed E-state index contributed by atoms with van der Waals surface area (Å²) < 4.78 is 15.2. The molecule has 0 aliphatic carbocycles. The third-order valence-corrected chi connectivity index (χ3v) is 3.04. The summed E-state index contributed by atoms with van der Waals surface area (Å²) in [6.07, 6.45) is 0. The lowest BCUT2D eigenvalue weighted by Crippen LogP contribution is -2.23. The maximum absolute atomic E-state index is 11.5. The highest BCUT2D eigenvalue weighted by Gasteiger charge is 2.24. The number of ether oxygens (including phenoxy) is 3. The molecule has 0 fully saturated rings. The van der Waals surface area contributed by atoms with Crippen LogP contribution in [0.3, 0.4) is 0 Å². The Morgan fingerprint density at radius 1 is 1.17 bits per heavy atom. The number of hydrogen-bond donors (Lipinski definition) is 1. The van der Waals surface area contributed by atoms with Crippen molar-refractivity contribution in [3.8, 4) is 11.5 Å². The van der Waals surface area contributed by atoms with Gasteiger partial charge >= 0.3 is 5.97 Å². The molecule has 0 aromatic heterocycles. The third-order valence-electron chi connectivity index (χ3n) is 3.04. The number of esters is 1. The first-order valence-electron chi connectivity index (χ1n) is 5.53. The van der Waals surface area contributed by atoms with E-state index in [4.69, 9.17) is 15.2 Å². The Hall–Kier alpha value is -1.75. The van der Waals surface area contributed by atoms with Crippen LogP contribution in [0.2, 0.25) is 0 Å². The second-order valence-electron chi connectivity index (χ2n) is 3.95. The van der Waals surface area contributed by atoms with E-state index in [2.05, 4.69) is 4.74 Å². The summed E-state index contributed by atoms with van der Waals surface area (Å²) >= 11 is 0. The van der Waals surface area contributed by atoms with Crippen molar-refractivity contribution in [2.45, 2.75) is 19.9 Å². The summed E-state index contributed by atoms with van der Waals surface area (Å²) in [5, 5.41) is 0. The molecule has 0 heterocycles. The first-order chi connectivity index (χ1) is 8.47. The molecule has 0 saturated carbocycles. The number of nitrogens with two attached hydrogens (primary N) is 1. The lowest BCUT2D eigenvalue weighted by atomic mass is 9.98. The number of carbonyl (C=O) groups is 1. The zero-order valence-electron chi connectivity index (χ0n) is 11.4. The lowest BCUT2D eigenvalue weighted by Gasteiger charge is -2.19. The molecule has 1 atom stereocenters. The van der Waals surface area contributed by atoms with E-state index in [1.807, 2.05) is 13.8 Å². The minimum absolute atomic E-state index is 0.515. The lowest BCUT2D eigenvalue weighted by molar-refractivity contribution is -0.142. The molecule has 100 valence electrons. The Kier molecular flexibility index (Phi) is 4.55. The van der Waals surface area contributed by atoms with Crippen LogP contribution in [0.5, 0.6) is 11.5 Å². The minimum Gasteiger partial charge on any atom is -0.496 e. The molecule has 0 saturated heterocycles. The first-order valence-corrected chi connectivity index (χ1v) is 5.53. The maximum atomic E-state index is 11.5. The molecule has 0 aliphatic rings. The van der Waals surface area contributed by atoms with Gasteiger partial charge in [-0.3, -0.25) is 4.79 Å². The van der Waals surface area contributed by atoms with Crippen molar-refractivity contribution in [2.75, 3.05) is 21.3 Å². The maximum Gasteiger partial charge on any atom is 0.327 e. The fourth-order valence-corrected chi connectivity index (χ4v) is 1.85. The van der Waals surface area contributed by atoms with Gasteiger partial charge in [-0.05, 0) is 31.0 Å². The van der Waals surface area contributed by atoms with Gasteiger partial charge in [-0.2, -0.15) is 0 Å². The van der Waals surface area contributed by atoms with E-state index in [-0.39, 0.29) is 0 Å². The smallest absolute Gasteiger partial charge is 0.327 e. The van der Waals surface area contributed by atoms with E-state index in [0.717, 1.165) is 11.1 Å². The van der Waals surface area contributed by atoms with Gasteiger partial charge in [0.05, 0.1) is 21.3 Å². The monoisotopic (exact) mass is 253 g/mol. The fourth-order valence-electron chi connectivity index (χ4n) is 1.85. The second kappa shape index (κ2) is 5.73. The van der Waals surface area contributed by atoms with Crippen LogP contribution in [0.4, 0.5) is 0 Å². The van der Waals surface area contributed by atoms with Gasteiger partial charge in [0, 0.05) is 5.56 Å². The van der Waals surface area contributed by atoms with Gasteiger partial charge in [0.1, 0.15) is 17.5 Å². The highest BCUT2D eigenvalue weighted by atomic mass is 16.5. The fraction of sp³-hybridized carbons (Fsp3) is 0.462. The van der Waals surface area contributed by atoms with Crippen LogP contribution in [-0.2, 0) is 9.53 Å².